The van der Waals surface area contributed by atoms with Gasteiger partial charge in [-0.3, -0.25) is 14.4 Å². The number of amides is 3. The molecule has 0 aliphatic rings. The van der Waals surface area contributed by atoms with Crippen molar-refractivity contribution in [1.29, 1.82) is 0 Å². The van der Waals surface area contributed by atoms with E-state index in [0.29, 0.717) is 6.54 Å². The zero-order valence-electron chi connectivity index (χ0n) is 18.5. The predicted molar refractivity (Wildman–Crippen MR) is 124 cm³/mol. The van der Waals surface area contributed by atoms with Gasteiger partial charge in [0.05, 0.1) is 5.33 Å². The second kappa shape index (κ2) is 15.8. The van der Waals surface area contributed by atoms with Crippen LogP contribution in [-0.2, 0) is 30.5 Å². The second-order valence-corrected chi connectivity index (χ2v) is 7.82. The Labute approximate surface area is 201 Å². The molecule has 2 unspecified atom stereocenters. The van der Waals surface area contributed by atoms with Crippen molar-refractivity contribution in [2.24, 2.45) is 0 Å². The number of carbonyl (C=O) groups is 5. The second-order valence-electron chi connectivity index (χ2n) is 7.26. The molecule has 3 amide bonds. The quantitative estimate of drug-likeness (QED) is 0.254. The minimum Gasteiger partial charge on any atom is -0.480 e. The van der Waals surface area contributed by atoms with E-state index >= 15 is 0 Å². The molecule has 0 radical (unpaired) electrons. The van der Waals surface area contributed by atoms with E-state index in [-0.39, 0.29) is 49.3 Å². The van der Waals surface area contributed by atoms with Gasteiger partial charge < -0.3 is 25.8 Å². The maximum absolute atomic E-state index is 12.7. The molecule has 4 N–H and O–H groups in total. The number of Topliss-reactive ketones (excluding diaryl/α,β-unsaturated/α-hetero) is 1. The summed E-state index contributed by atoms with van der Waals surface area (Å²) in [4.78, 5) is 59.9. The Balaban J connectivity index is 2.77. The standard InChI is InChI=1S/C22H30BrN3O7/c1-2-12-24-19(28)11-10-17(26-22(32)33-14-15-6-4-3-5-7-15)20(29)25-18(21(30)31)9-8-16(27)13-23/h3-7,17-18H,2,8-14H2,1H3,(H,24,28)(H,25,29)(H,26,32)(H,30,31). The number of alkyl halides is 1. The third-order valence-electron chi connectivity index (χ3n) is 4.53. The largest absolute Gasteiger partial charge is 0.480 e. The molecule has 10 nitrogen and oxygen atoms in total. The first-order valence-electron chi connectivity index (χ1n) is 10.6. The lowest BCUT2D eigenvalue weighted by Gasteiger charge is -2.21. The predicted octanol–water partition coefficient (Wildman–Crippen LogP) is 1.90. The molecular formula is C22H30BrN3O7. The summed E-state index contributed by atoms with van der Waals surface area (Å²) >= 11 is 3.00. The number of hydrogen-bond donors (Lipinski definition) is 4. The number of halogens is 1. The number of ketones is 1. The zero-order chi connectivity index (χ0) is 24.6. The van der Waals surface area contributed by atoms with Gasteiger partial charge in [0.1, 0.15) is 24.5 Å². The lowest BCUT2D eigenvalue weighted by atomic mass is 10.1. The first kappa shape index (κ1) is 28.1. The highest BCUT2D eigenvalue weighted by Crippen LogP contribution is 2.06. The lowest BCUT2D eigenvalue weighted by molar-refractivity contribution is -0.142. The molecule has 182 valence electrons. The number of aliphatic carboxylic acids is 1. The van der Waals surface area contributed by atoms with Crippen molar-refractivity contribution in [2.45, 2.75) is 57.7 Å². The summed E-state index contributed by atoms with van der Waals surface area (Å²) in [5.41, 5.74) is 0.745. The smallest absolute Gasteiger partial charge is 0.408 e. The van der Waals surface area contributed by atoms with Gasteiger partial charge in [-0.2, -0.15) is 0 Å². The molecule has 0 saturated carbocycles. The summed E-state index contributed by atoms with van der Waals surface area (Å²) in [5.74, 6) is -2.60. The van der Waals surface area contributed by atoms with Crippen LogP contribution in [0.2, 0.25) is 0 Å². The number of carboxylic acid groups (broad SMARTS) is 1. The maximum Gasteiger partial charge on any atom is 0.408 e. The van der Waals surface area contributed by atoms with Gasteiger partial charge in [-0.15, -0.1) is 0 Å². The average molecular weight is 528 g/mol. The summed E-state index contributed by atoms with van der Waals surface area (Å²) in [6, 6.07) is 6.40. The summed E-state index contributed by atoms with van der Waals surface area (Å²) in [5, 5.41) is 16.9. The molecule has 1 aromatic carbocycles. The van der Waals surface area contributed by atoms with Crippen LogP contribution in [0, 0.1) is 0 Å². The van der Waals surface area contributed by atoms with Gasteiger partial charge in [-0.1, -0.05) is 53.2 Å². The topological polar surface area (TPSA) is 151 Å². The fourth-order valence-electron chi connectivity index (χ4n) is 2.71. The van der Waals surface area contributed by atoms with E-state index in [1.54, 1.807) is 24.3 Å². The Morgan fingerprint density at radius 3 is 2.27 bits per heavy atom. The molecule has 1 aromatic rings. The van der Waals surface area contributed by atoms with Crippen LogP contribution in [0.1, 0.15) is 44.6 Å². The van der Waals surface area contributed by atoms with Crippen molar-refractivity contribution in [3.8, 4) is 0 Å². The molecule has 0 spiro atoms. The van der Waals surface area contributed by atoms with E-state index in [4.69, 9.17) is 4.74 Å². The maximum atomic E-state index is 12.7. The number of carbonyl (C=O) groups excluding carboxylic acids is 4. The molecule has 0 bridgehead atoms. The van der Waals surface area contributed by atoms with Crippen molar-refractivity contribution in [3.63, 3.8) is 0 Å². The highest BCUT2D eigenvalue weighted by molar-refractivity contribution is 9.09. The average Bonchev–Trinajstić information content (AvgIpc) is 2.81. The first-order chi connectivity index (χ1) is 15.8. The van der Waals surface area contributed by atoms with Crippen molar-refractivity contribution in [2.75, 3.05) is 11.9 Å². The Morgan fingerprint density at radius 2 is 1.67 bits per heavy atom. The molecule has 0 heterocycles. The molecule has 0 aromatic heterocycles. The number of rotatable bonds is 15. The van der Waals surface area contributed by atoms with Crippen LogP contribution in [0.15, 0.2) is 30.3 Å². The van der Waals surface area contributed by atoms with Crippen LogP contribution < -0.4 is 16.0 Å². The van der Waals surface area contributed by atoms with Crippen LogP contribution in [0.25, 0.3) is 0 Å². The van der Waals surface area contributed by atoms with E-state index in [9.17, 15) is 29.1 Å². The third-order valence-corrected chi connectivity index (χ3v) is 5.15. The number of ether oxygens (including phenoxy) is 1. The Morgan fingerprint density at radius 1 is 1.00 bits per heavy atom. The molecule has 1 rings (SSSR count). The Bertz CT molecular complexity index is 804. The van der Waals surface area contributed by atoms with Crippen LogP contribution in [0.5, 0.6) is 0 Å². The van der Waals surface area contributed by atoms with Gasteiger partial charge in [-0.25, -0.2) is 9.59 Å². The fraction of sp³-hybridized carbons (Fsp3) is 0.500. The van der Waals surface area contributed by atoms with E-state index in [0.717, 1.165) is 12.0 Å². The highest BCUT2D eigenvalue weighted by Gasteiger charge is 2.27. The fourth-order valence-corrected chi connectivity index (χ4v) is 2.99. The van der Waals surface area contributed by atoms with E-state index < -0.39 is 30.1 Å². The minimum absolute atomic E-state index is 0.0234. The summed E-state index contributed by atoms with van der Waals surface area (Å²) in [6.07, 6.45) is -0.403. The van der Waals surface area contributed by atoms with Gasteiger partial charge >= 0.3 is 12.1 Å². The molecule has 11 heteroatoms. The zero-order valence-corrected chi connectivity index (χ0v) is 20.1. The molecule has 2 atom stereocenters. The summed E-state index contributed by atoms with van der Waals surface area (Å²) in [6.45, 7) is 2.35. The molecule has 33 heavy (non-hydrogen) atoms. The lowest BCUT2D eigenvalue weighted by Crippen LogP contribution is -2.52. The number of benzene rings is 1. The van der Waals surface area contributed by atoms with Gasteiger partial charge in [0.25, 0.3) is 0 Å². The van der Waals surface area contributed by atoms with Crippen LogP contribution in [0.3, 0.4) is 0 Å². The van der Waals surface area contributed by atoms with Crippen molar-refractivity contribution < 1.29 is 33.8 Å². The molecular weight excluding hydrogens is 498 g/mol. The van der Waals surface area contributed by atoms with Gasteiger partial charge in [0.2, 0.25) is 11.8 Å². The SMILES string of the molecule is CCCNC(=O)CCC(NC(=O)OCc1ccccc1)C(=O)NC(CCC(=O)CBr)C(=O)O. The van der Waals surface area contributed by atoms with Crippen LogP contribution >= 0.6 is 15.9 Å². The van der Waals surface area contributed by atoms with Crippen molar-refractivity contribution in [1.82, 2.24) is 16.0 Å². The number of carboxylic acids is 1. The highest BCUT2D eigenvalue weighted by atomic mass is 79.9. The van der Waals surface area contributed by atoms with E-state index in [1.807, 2.05) is 13.0 Å². The Hall–Kier alpha value is -2.95. The van der Waals surface area contributed by atoms with E-state index in [2.05, 4.69) is 31.9 Å². The molecule has 0 saturated heterocycles. The number of alkyl carbamates (subject to hydrolysis) is 1. The van der Waals surface area contributed by atoms with Gasteiger partial charge in [0.15, 0.2) is 0 Å². The normalized spacial score (nSPS) is 12.2. The third kappa shape index (κ3) is 12.0. The van der Waals surface area contributed by atoms with Gasteiger partial charge in [-0.05, 0) is 24.8 Å². The summed E-state index contributed by atoms with van der Waals surface area (Å²) < 4.78 is 5.13. The minimum atomic E-state index is -1.32. The monoisotopic (exact) mass is 527 g/mol. The molecule has 0 fully saturated rings. The Kier molecular flexibility index (Phi) is 13.4. The van der Waals surface area contributed by atoms with Crippen molar-refractivity contribution in [3.05, 3.63) is 35.9 Å². The summed E-state index contributed by atoms with van der Waals surface area (Å²) in [7, 11) is 0. The van der Waals surface area contributed by atoms with Crippen molar-refractivity contribution >= 4 is 45.6 Å². The number of hydrogen-bond acceptors (Lipinski definition) is 6. The first-order valence-corrected chi connectivity index (χ1v) is 11.7. The number of nitrogens with one attached hydrogen (secondary N) is 3. The van der Waals surface area contributed by atoms with Crippen LogP contribution in [-0.4, -0.2) is 58.7 Å². The molecule has 0 aliphatic heterocycles. The van der Waals surface area contributed by atoms with E-state index in [1.165, 1.54) is 0 Å². The molecule has 0 aliphatic carbocycles. The van der Waals surface area contributed by atoms with Gasteiger partial charge in [0, 0.05) is 19.4 Å². The van der Waals surface area contributed by atoms with Crippen LogP contribution in [0.4, 0.5) is 4.79 Å².